The minimum absolute atomic E-state index is 0.0778. The lowest BCUT2D eigenvalue weighted by Gasteiger charge is -2.28. The molecule has 1 fully saturated rings. The van der Waals surface area contributed by atoms with Gasteiger partial charge >= 0.3 is 0 Å². The normalized spacial score (nSPS) is 18.4. The van der Waals surface area contributed by atoms with Crippen LogP contribution in [-0.2, 0) is 4.79 Å². The quantitative estimate of drug-likeness (QED) is 0.935. The molecule has 3 rings (SSSR count). The van der Waals surface area contributed by atoms with Gasteiger partial charge in [-0.2, -0.15) is 0 Å². The van der Waals surface area contributed by atoms with Crippen LogP contribution in [0.5, 0.6) is 11.5 Å². The van der Waals surface area contributed by atoms with Gasteiger partial charge in [0.25, 0.3) is 0 Å². The number of amides is 1. The van der Waals surface area contributed by atoms with E-state index >= 15 is 0 Å². The number of carbonyl (C=O) groups excluding carboxylic acids is 1. The number of rotatable bonds is 4. The SMILES string of the molecule is CN1CCC[C@@H](C(=O)Nc2ccc(Oc3ccccc3)cc2)C1. The molecule has 1 saturated heterocycles. The Morgan fingerprint density at radius 1 is 1.09 bits per heavy atom. The molecule has 1 aliphatic heterocycles. The zero-order valence-corrected chi connectivity index (χ0v) is 13.4. The highest BCUT2D eigenvalue weighted by atomic mass is 16.5. The lowest BCUT2D eigenvalue weighted by Crippen LogP contribution is -2.38. The van der Waals surface area contributed by atoms with Crippen molar-refractivity contribution < 1.29 is 9.53 Å². The number of benzene rings is 2. The molecule has 0 aliphatic carbocycles. The van der Waals surface area contributed by atoms with Crippen LogP contribution in [0.2, 0.25) is 0 Å². The average Bonchev–Trinajstić information content (AvgIpc) is 2.57. The molecule has 2 aromatic rings. The van der Waals surface area contributed by atoms with E-state index in [1.165, 1.54) is 0 Å². The molecule has 0 unspecified atom stereocenters. The molecule has 1 N–H and O–H groups in total. The second-order valence-corrected chi connectivity index (χ2v) is 6.03. The summed E-state index contributed by atoms with van der Waals surface area (Å²) in [7, 11) is 2.06. The fraction of sp³-hybridized carbons (Fsp3) is 0.316. The van der Waals surface area contributed by atoms with Crippen molar-refractivity contribution in [2.75, 3.05) is 25.5 Å². The van der Waals surface area contributed by atoms with Gasteiger partial charge < -0.3 is 15.0 Å². The number of ether oxygens (including phenoxy) is 1. The average molecular weight is 310 g/mol. The molecule has 2 aromatic carbocycles. The number of hydrogen-bond donors (Lipinski definition) is 1. The van der Waals surface area contributed by atoms with Crippen LogP contribution < -0.4 is 10.1 Å². The third kappa shape index (κ3) is 4.33. The summed E-state index contributed by atoms with van der Waals surface area (Å²) in [6.07, 6.45) is 2.05. The van der Waals surface area contributed by atoms with Gasteiger partial charge in [-0.15, -0.1) is 0 Å². The van der Waals surface area contributed by atoms with Crippen molar-refractivity contribution in [1.29, 1.82) is 0 Å². The van der Waals surface area contributed by atoms with Crippen molar-refractivity contribution in [2.45, 2.75) is 12.8 Å². The minimum atomic E-state index is 0.0778. The maximum Gasteiger partial charge on any atom is 0.228 e. The van der Waals surface area contributed by atoms with Crippen molar-refractivity contribution in [3.8, 4) is 11.5 Å². The van der Waals surface area contributed by atoms with Gasteiger partial charge in [-0.1, -0.05) is 18.2 Å². The van der Waals surface area contributed by atoms with Crippen LogP contribution in [0.25, 0.3) is 0 Å². The highest BCUT2D eigenvalue weighted by molar-refractivity contribution is 5.92. The lowest BCUT2D eigenvalue weighted by atomic mass is 9.97. The van der Waals surface area contributed by atoms with E-state index in [9.17, 15) is 4.79 Å². The number of nitrogens with zero attached hydrogens (tertiary/aromatic N) is 1. The summed E-state index contributed by atoms with van der Waals surface area (Å²) in [6, 6.07) is 17.1. The molecular weight excluding hydrogens is 288 g/mol. The largest absolute Gasteiger partial charge is 0.457 e. The Morgan fingerprint density at radius 2 is 1.78 bits per heavy atom. The second-order valence-electron chi connectivity index (χ2n) is 6.03. The molecule has 0 radical (unpaired) electrons. The lowest BCUT2D eigenvalue weighted by molar-refractivity contribution is -0.121. The minimum Gasteiger partial charge on any atom is -0.457 e. The number of hydrogen-bond acceptors (Lipinski definition) is 3. The van der Waals surface area contributed by atoms with E-state index in [1.807, 2.05) is 54.6 Å². The first-order valence-electron chi connectivity index (χ1n) is 8.03. The molecule has 1 aliphatic rings. The fourth-order valence-corrected chi connectivity index (χ4v) is 2.86. The Balaban J connectivity index is 1.58. The molecule has 4 heteroatoms. The van der Waals surface area contributed by atoms with Gasteiger partial charge in [-0.05, 0) is 62.8 Å². The first-order valence-corrected chi connectivity index (χ1v) is 8.03. The number of carbonyl (C=O) groups is 1. The van der Waals surface area contributed by atoms with Crippen LogP contribution in [-0.4, -0.2) is 30.9 Å². The smallest absolute Gasteiger partial charge is 0.228 e. The van der Waals surface area contributed by atoms with Crippen molar-refractivity contribution in [1.82, 2.24) is 4.90 Å². The molecule has 1 heterocycles. The molecule has 1 atom stereocenters. The predicted octanol–water partition coefficient (Wildman–Crippen LogP) is 3.76. The van der Waals surface area contributed by atoms with Gasteiger partial charge in [0.15, 0.2) is 0 Å². The van der Waals surface area contributed by atoms with E-state index in [1.54, 1.807) is 0 Å². The summed E-state index contributed by atoms with van der Waals surface area (Å²) in [6.45, 7) is 1.91. The van der Waals surface area contributed by atoms with Gasteiger partial charge in [-0.25, -0.2) is 0 Å². The molecule has 1 amide bonds. The van der Waals surface area contributed by atoms with Crippen LogP contribution in [0.4, 0.5) is 5.69 Å². The number of likely N-dealkylation sites (tertiary alicyclic amines) is 1. The van der Waals surface area contributed by atoms with Crippen LogP contribution in [0.3, 0.4) is 0 Å². The summed E-state index contributed by atoms with van der Waals surface area (Å²) in [5.74, 6) is 1.74. The van der Waals surface area contributed by atoms with E-state index in [0.29, 0.717) is 0 Å². The number of anilines is 1. The van der Waals surface area contributed by atoms with Gasteiger partial charge in [0.2, 0.25) is 5.91 Å². The molecule has 120 valence electrons. The molecule has 0 spiro atoms. The van der Waals surface area contributed by atoms with E-state index in [0.717, 1.165) is 43.1 Å². The molecular formula is C19H22N2O2. The Morgan fingerprint density at radius 3 is 2.48 bits per heavy atom. The monoisotopic (exact) mass is 310 g/mol. The van der Waals surface area contributed by atoms with Crippen LogP contribution in [0, 0.1) is 5.92 Å². The van der Waals surface area contributed by atoms with Crippen molar-refractivity contribution in [3.63, 3.8) is 0 Å². The highest BCUT2D eigenvalue weighted by Gasteiger charge is 2.23. The Hall–Kier alpha value is -2.33. The van der Waals surface area contributed by atoms with E-state index in [4.69, 9.17) is 4.74 Å². The molecule has 0 bridgehead atoms. The zero-order chi connectivity index (χ0) is 16.1. The summed E-state index contributed by atoms with van der Waals surface area (Å²) < 4.78 is 5.75. The highest BCUT2D eigenvalue weighted by Crippen LogP contribution is 2.23. The second kappa shape index (κ2) is 7.29. The van der Waals surface area contributed by atoms with E-state index < -0.39 is 0 Å². The standard InChI is InChI=1S/C19H22N2O2/c1-21-13-5-6-15(14-21)19(22)20-16-9-11-18(12-10-16)23-17-7-3-2-4-8-17/h2-4,7-12,15H,5-6,13-14H2,1H3,(H,20,22)/t15-/m1/s1. The first kappa shape index (κ1) is 15.6. The van der Waals surface area contributed by atoms with E-state index in [-0.39, 0.29) is 11.8 Å². The Bertz CT molecular complexity index is 640. The van der Waals surface area contributed by atoms with Crippen molar-refractivity contribution >= 4 is 11.6 Å². The van der Waals surface area contributed by atoms with Gasteiger partial charge in [-0.3, -0.25) is 4.79 Å². The van der Waals surface area contributed by atoms with Crippen molar-refractivity contribution in [3.05, 3.63) is 54.6 Å². The summed E-state index contributed by atoms with van der Waals surface area (Å²) in [4.78, 5) is 14.5. The number of piperidine rings is 1. The summed E-state index contributed by atoms with van der Waals surface area (Å²) >= 11 is 0. The van der Waals surface area contributed by atoms with Crippen molar-refractivity contribution in [2.24, 2.45) is 5.92 Å². The Labute approximate surface area is 137 Å². The predicted molar refractivity (Wildman–Crippen MR) is 91.8 cm³/mol. The molecule has 0 aromatic heterocycles. The third-order valence-electron chi connectivity index (χ3n) is 4.10. The molecule has 0 saturated carbocycles. The van der Waals surface area contributed by atoms with Crippen LogP contribution in [0.15, 0.2) is 54.6 Å². The third-order valence-corrected chi connectivity index (χ3v) is 4.10. The van der Waals surface area contributed by atoms with Crippen LogP contribution >= 0.6 is 0 Å². The maximum atomic E-state index is 12.3. The van der Waals surface area contributed by atoms with Gasteiger partial charge in [0.1, 0.15) is 11.5 Å². The van der Waals surface area contributed by atoms with Gasteiger partial charge in [0.05, 0.1) is 5.92 Å². The van der Waals surface area contributed by atoms with Gasteiger partial charge in [0, 0.05) is 12.2 Å². The zero-order valence-electron chi connectivity index (χ0n) is 13.4. The topological polar surface area (TPSA) is 41.6 Å². The summed E-state index contributed by atoms with van der Waals surface area (Å²) in [5.41, 5.74) is 0.809. The number of nitrogens with one attached hydrogen (secondary N) is 1. The van der Waals surface area contributed by atoms with Crippen LogP contribution in [0.1, 0.15) is 12.8 Å². The number of para-hydroxylation sites is 1. The fourth-order valence-electron chi connectivity index (χ4n) is 2.86. The summed E-state index contributed by atoms with van der Waals surface area (Å²) in [5, 5.41) is 3.00. The first-order chi connectivity index (χ1) is 11.2. The molecule has 4 nitrogen and oxygen atoms in total. The van der Waals surface area contributed by atoms with E-state index in [2.05, 4.69) is 17.3 Å². The Kier molecular flexibility index (Phi) is 4.93. The molecule has 23 heavy (non-hydrogen) atoms. The maximum absolute atomic E-state index is 12.3.